The van der Waals surface area contributed by atoms with Gasteiger partial charge in [0, 0.05) is 12.0 Å². The Morgan fingerprint density at radius 2 is 1.50 bits per heavy atom. The van der Waals surface area contributed by atoms with E-state index < -0.39 is 12.0 Å². The molecular weight excluding hydrogens is 430 g/mol. The number of esters is 1. The summed E-state index contributed by atoms with van der Waals surface area (Å²) in [7, 11) is 0. The van der Waals surface area contributed by atoms with Crippen molar-refractivity contribution < 1.29 is 23.9 Å². The minimum absolute atomic E-state index is 0.0861. The standard InChI is InChI=1S/C28H25NO5/c1-15(30)17-7-9-18(10-8-17)34-28(33)23(13-16-5-3-2-4-6-16)29-26(31)24-19-11-12-20(22-14-21(19)22)25(24)27(29)32/h2-12,19-25H,13-14H2,1H3/t19-,20-,21-,22+,23-,24-,25+/m0/s1. The van der Waals surface area contributed by atoms with Crippen LogP contribution in [0.4, 0.5) is 0 Å². The highest BCUT2D eigenvalue weighted by molar-refractivity contribution is 6.09. The molecule has 6 nitrogen and oxygen atoms in total. The molecule has 5 aliphatic rings. The van der Waals surface area contributed by atoms with Crippen LogP contribution in [0, 0.1) is 35.5 Å². The van der Waals surface area contributed by atoms with Gasteiger partial charge in [0.05, 0.1) is 11.8 Å². The van der Waals surface area contributed by atoms with Gasteiger partial charge in [-0.15, -0.1) is 0 Å². The first-order valence-corrected chi connectivity index (χ1v) is 11.9. The molecule has 6 heteroatoms. The molecule has 0 radical (unpaired) electrons. The van der Waals surface area contributed by atoms with E-state index in [1.807, 2.05) is 30.3 Å². The minimum Gasteiger partial charge on any atom is -0.425 e. The number of rotatable bonds is 6. The highest BCUT2D eigenvalue weighted by Crippen LogP contribution is 2.65. The number of amides is 2. The quantitative estimate of drug-likeness (QED) is 0.219. The molecule has 0 aromatic heterocycles. The highest BCUT2D eigenvalue weighted by atomic mass is 16.5. The summed E-state index contributed by atoms with van der Waals surface area (Å²) in [5, 5.41) is 0. The molecule has 0 unspecified atom stereocenters. The van der Waals surface area contributed by atoms with Crippen LogP contribution in [-0.4, -0.2) is 34.5 Å². The maximum absolute atomic E-state index is 13.6. The fraction of sp³-hybridized carbons (Fsp3) is 0.357. The molecule has 3 fully saturated rings. The monoisotopic (exact) mass is 455 g/mol. The van der Waals surface area contributed by atoms with Crippen LogP contribution in [0.25, 0.3) is 0 Å². The van der Waals surface area contributed by atoms with Crippen molar-refractivity contribution in [3.8, 4) is 5.75 Å². The second-order valence-electron chi connectivity index (χ2n) is 9.91. The number of nitrogens with zero attached hydrogens (tertiary/aromatic N) is 1. The van der Waals surface area contributed by atoms with Gasteiger partial charge in [-0.2, -0.15) is 0 Å². The molecule has 1 aliphatic heterocycles. The number of benzene rings is 2. The largest absolute Gasteiger partial charge is 0.425 e. The zero-order chi connectivity index (χ0) is 23.6. The van der Waals surface area contributed by atoms with Crippen LogP contribution in [-0.2, 0) is 20.8 Å². The number of allylic oxidation sites excluding steroid dienone is 2. The lowest BCUT2D eigenvalue weighted by molar-refractivity contribution is -0.153. The Morgan fingerprint density at radius 1 is 0.912 bits per heavy atom. The molecule has 172 valence electrons. The number of imide groups is 1. The summed E-state index contributed by atoms with van der Waals surface area (Å²) in [6.07, 6.45) is 5.52. The molecule has 4 aliphatic carbocycles. The SMILES string of the molecule is CC(=O)c1ccc(OC(=O)[C@H](Cc2ccccc2)N2C(=O)[C@@H]3[C@H]4C=C[C@@H]([C@@H]5C[C@H]45)[C@@H]3C2=O)cc1. The molecule has 34 heavy (non-hydrogen) atoms. The summed E-state index contributed by atoms with van der Waals surface area (Å²) in [4.78, 5) is 53.4. The van der Waals surface area contributed by atoms with Gasteiger partial charge in [0.15, 0.2) is 5.78 Å². The maximum Gasteiger partial charge on any atom is 0.335 e. The Labute approximate surface area is 197 Å². The predicted molar refractivity (Wildman–Crippen MR) is 123 cm³/mol. The molecule has 7 atom stereocenters. The van der Waals surface area contributed by atoms with E-state index in [2.05, 4.69) is 12.2 Å². The lowest BCUT2D eigenvalue weighted by atomic mass is 9.63. The number of carbonyl (C=O) groups is 4. The van der Waals surface area contributed by atoms with Gasteiger partial charge in [0.2, 0.25) is 11.8 Å². The Hall–Kier alpha value is -3.54. The third-order valence-corrected chi connectivity index (χ3v) is 8.03. The van der Waals surface area contributed by atoms with E-state index in [-0.39, 0.29) is 53.4 Å². The van der Waals surface area contributed by atoms with E-state index in [1.54, 1.807) is 24.3 Å². The molecule has 2 aromatic carbocycles. The molecule has 0 N–H and O–H groups in total. The van der Waals surface area contributed by atoms with Gasteiger partial charge in [0.1, 0.15) is 11.8 Å². The molecule has 1 heterocycles. The fourth-order valence-corrected chi connectivity index (χ4v) is 6.35. The molecular formula is C28H25NO5. The second kappa shape index (κ2) is 7.76. The summed E-state index contributed by atoms with van der Waals surface area (Å²) in [5.74, 6) is -0.523. The first-order chi connectivity index (χ1) is 16.4. The Morgan fingerprint density at radius 3 is 2.06 bits per heavy atom. The summed E-state index contributed by atoms with van der Waals surface area (Å²) in [6, 6.07) is 14.6. The van der Waals surface area contributed by atoms with Crippen LogP contribution in [0.15, 0.2) is 66.7 Å². The molecule has 2 amide bonds. The first kappa shape index (κ1) is 21.0. The van der Waals surface area contributed by atoms with Crippen molar-refractivity contribution in [3.05, 3.63) is 77.9 Å². The van der Waals surface area contributed by atoms with E-state index in [4.69, 9.17) is 4.74 Å². The van der Waals surface area contributed by atoms with Crippen molar-refractivity contribution in [2.24, 2.45) is 35.5 Å². The smallest absolute Gasteiger partial charge is 0.335 e. The average Bonchev–Trinajstić information content (AvgIpc) is 3.62. The normalized spacial score (nSPS) is 31.1. The van der Waals surface area contributed by atoms with Crippen molar-refractivity contribution >= 4 is 23.6 Å². The Kier molecular flexibility index (Phi) is 4.80. The fourth-order valence-electron chi connectivity index (χ4n) is 6.35. The van der Waals surface area contributed by atoms with Crippen molar-refractivity contribution in [3.63, 3.8) is 0 Å². The number of carbonyl (C=O) groups excluding carboxylic acids is 4. The molecule has 2 saturated carbocycles. The highest BCUT2D eigenvalue weighted by Gasteiger charge is 2.68. The van der Waals surface area contributed by atoms with E-state index in [0.717, 1.165) is 12.0 Å². The molecule has 7 rings (SSSR count). The van der Waals surface area contributed by atoms with Gasteiger partial charge in [-0.05, 0) is 66.8 Å². The number of Topliss-reactive ketones (excluding diaryl/α,β-unsaturated/α-hetero) is 1. The lowest BCUT2D eigenvalue weighted by Gasteiger charge is -2.37. The lowest BCUT2D eigenvalue weighted by Crippen LogP contribution is -2.48. The molecule has 1 saturated heterocycles. The minimum atomic E-state index is -1.05. The van der Waals surface area contributed by atoms with Crippen molar-refractivity contribution in [1.29, 1.82) is 0 Å². The Bertz CT molecular complexity index is 1180. The molecule has 2 aromatic rings. The average molecular weight is 456 g/mol. The summed E-state index contributed by atoms with van der Waals surface area (Å²) >= 11 is 0. The van der Waals surface area contributed by atoms with Gasteiger partial charge < -0.3 is 4.74 Å². The second-order valence-corrected chi connectivity index (χ2v) is 9.91. The van der Waals surface area contributed by atoms with Crippen LogP contribution in [0.5, 0.6) is 5.75 Å². The van der Waals surface area contributed by atoms with Crippen LogP contribution in [0.3, 0.4) is 0 Å². The van der Waals surface area contributed by atoms with Gasteiger partial charge in [0.25, 0.3) is 0 Å². The van der Waals surface area contributed by atoms with E-state index >= 15 is 0 Å². The Balaban J connectivity index is 1.30. The summed E-state index contributed by atoms with van der Waals surface area (Å²) in [5.41, 5.74) is 1.35. The van der Waals surface area contributed by atoms with Gasteiger partial charge in [-0.3, -0.25) is 19.3 Å². The molecule has 0 spiro atoms. The molecule has 2 bridgehead atoms. The van der Waals surface area contributed by atoms with Crippen LogP contribution < -0.4 is 4.74 Å². The number of ether oxygens (including phenoxy) is 1. The number of hydrogen-bond donors (Lipinski definition) is 0. The van der Waals surface area contributed by atoms with Crippen LogP contribution in [0.2, 0.25) is 0 Å². The number of ketones is 1. The van der Waals surface area contributed by atoms with E-state index in [9.17, 15) is 19.2 Å². The van der Waals surface area contributed by atoms with Crippen molar-refractivity contribution in [2.45, 2.75) is 25.8 Å². The summed E-state index contributed by atoms with van der Waals surface area (Å²) < 4.78 is 5.63. The zero-order valence-electron chi connectivity index (χ0n) is 18.8. The first-order valence-electron chi connectivity index (χ1n) is 11.9. The topological polar surface area (TPSA) is 80.8 Å². The third-order valence-electron chi connectivity index (χ3n) is 8.03. The van der Waals surface area contributed by atoms with Gasteiger partial charge in [-0.1, -0.05) is 42.5 Å². The van der Waals surface area contributed by atoms with Crippen LogP contribution >= 0.6 is 0 Å². The zero-order valence-corrected chi connectivity index (χ0v) is 18.8. The van der Waals surface area contributed by atoms with Crippen molar-refractivity contribution in [2.75, 3.05) is 0 Å². The van der Waals surface area contributed by atoms with E-state index in [0.29, 0.717) is 17.4 Å². The van der Waals surface area contributed by atoms with Gasteiger partial charge in [-0.25, -0.2) is 4.79 Å². The third kappa shape index (κ3) is 3.23. The number of likely N-dealkylation sites (tertiary alicyclic amines) is 1. The van der Waals surface area contributed by atoms with Gasteiger partial charge >= 0.3 is 5.97 Å². The van der Waals surface area contributed by atoms with Crippen LogP contribution in [0.1, 0.15) is 29.3 Å². The number of hydrogen-bond acceptors (Lipinski definition) is 5. The predicted octanol–water partition coefficient (Wildman–Crippen LogP) is 3.46. The van der Waals surface area contributed by atoms with Crippen molar-refractivity contribution in [1.82, 2.24) is 4.90 Å². The van der Waals surface area contributed by atoms with E-state index in [1.165, 1.54) is 11.8 Å². The maximum atomic E-state index is 13.6. The summed E-state index contributed by atoms with van der Waals surface area (Å²) in [6.45, 7) is 1.47.